The Hall–Kier alpha value is -5.03. The Morgan fingerprint density at radius 2 is 1.58 bits per heavy atom. The van der Waals surface area contributed by atoms with Gasteiger partial charge in [0.15, 0.2) is 5.60 Å². The van der Waals surface area contributed by atoms with Crippen molar-refractivity contribution >= 4 is 7.87 Å². The topological polar surface area (TPSA) is 197 Å². The van der Waals surface area contributed by atoms with E-state index >= 15 is 0 Å². The molecule has 57 heavy (non-hydrogen) atoms. The van der Waals surface area contributed by atoms with Crippen LogP contribution in [0.2, 0.25) is 0 Å². The highest BCUT2D eigenvalue weighted by molar-refractivity contribution is 7.63. The molecule has 2 N–H and O–H groups in total. The predicted molar refractivity (Wildman–Crippen MR) is 217 cm³/mol. The van der Waals surface area contributed by atoms with Gasteiger partial charge in [0.25, 0.3) is 5.56 Å². The van der Waals surface area contributed by atoms with Crippen molar-refractivity contribution in [3.05, 3.63) is 139 Å². The zero-order valence-electron chi connectivity index (χ0n) is 33.4. The average Bonchev–Trinajstić information content (AvgIpc) is 3.55. The number of aryl methyl sites for hydroxylation is 1. The van der Waals surface area contributed by atoms with Gasteiger partial charge in [-0.15, -0.1) is 4.67 Å². The zero-order chi connectivity index (χ0) is 41.4. The second-order valence-electron chi connectivity index (χ2n) is 14.5. The number of aromatic nitrogens is 2. The maximum atomic E-state index is 13.4. The molecule has 4 atom stereocenters. The van der Waals surface area contributed by atoms with Gasteiger partial charge in [0, 0.05) is 35.2 Å². The number of nitrogens with one attached hydrogen (secondary N) is 1. The van der Waals surface area contributed by atoms with E-state index in [9.17, 15) is 25.3 Å². The lowest BCUT2D eigenvalue weighted by Gasteiger charge is -2.42. The first-order valence-corrected chi connectivity index (χ1v) is 20.5. The molecule has 1 fully saturated rings. The minimum atomic E-state index is -3.69. The van der Waals surface area contributed by atoms with E-state index in [1.54, 1.807) is 21.1 Å². The number of nitrogens with zero attached hydrogens (tertiary/aromatic N) is 6. The van der Waals surface area contributed by atoms with Crippen LogP contribution < -0.4 is 20.7 Å². The Bertz CT molecular complexity index is 2110. The highest BCUT2D eigenvalue weighted by Gasteiger charge is 2.62. The van der Waals surface area contributed by atoms with Crippen LogP contribution in [0.3, 0.4) is 0 Å². The number of azide groups is 1. The number of hydrogen-bond donors (Lipinski definition) is 2. The van der Waals surface area contributed by atoms with Gasteiger partial charge in [-0.2, -0.15) is 9.79 Å². The van der Waals surface area contributed by atoms with E-state index in [-0.39, 0.29) is 49.8 Å². The summed E-state index contributed by atoms with van der Waals surface area (Å²) in [5.74, 6) is 1.28. The lowest BCUT2D eigenvalue weighted by atomic mass is 9.79. The highest BCUT2D eigenvalue weighted by atomic mass is 31.2. The highest BCUT2D eigenvalue weighted by Crippen LogP contribution is 2.66. The number of aromatic amines is 1. The van der Waals surface area contributed by atoms with Crippen LogP contribution in [-0.4, -0.2) is 76.4 Å². The quantitative estimate of drug-likeness (QED) is 0.0347. The summed E-state index contributed by atoms with van der Waals surface area (Å²) < 4.78 is 35.2. The molecule has 16 heteroatoms. The average molecular weight is 801 g/mol. The van der Waals surface area contributed by atoms with Gasteiger partial charge in [-0.1, -0.05) is 59.7 Å². The molecular weight excluding hydrogens is 749 g/mol. The summed E-state index contributed by atoms with van der Waals surface area (Å²) in [5.41, 5.74) is 8.10. The van der Waals surface area contributed by atoms with Gasteiger partial charge < -0.3 is 18.9 Å². The molecule has 302 valence electrons. The van der Waals surface area contributed by atoms with Crippen LogP contribution in [0, 0.1) is 18.3 Å². The Labute approximate surface area is 332 Å². The fraction of sp³-hybridized carbons (Fsp3) is 0.439. The summed E-state index contributed by atoms with van der Waals surface area (Å²) >= 11 is 0. The minimum Gasteiger partial charge on any atom is -0.497 e. The van der Waals surface area contributed by atoms with E-state index in [0.717, 1.165) is 16.7 Å². The Morgan fingerprint density at radius 3 is 2.09 bits per heavy atom. The standard InChI is InChI=1S/C41H50N7O8P/c1-28(2)48(29(3)4)57(51,23-11-22-42)56-40(27-44-46-43)24-37(47-25-30(5)38(49)45-39(47)50)55-36(40)26-54-41(31-12-9-8-10-13-31,32-14-18-34(52-6)19-15-32)33-16-20-35(53-7)21-17-33/h8-10,12-21,25,28-29,36-37,51H,11,23-24,26-27H2,1-7H3/p+1/t36-,37-,40-,57?/m1/s1. The van der Waals surface area contributed by atoms with Crippen molar-refractivity contribution < 1.29 is 28.4 Å². The third kappa shape index (κ3) is 9.09. The van der Waals surface area contributed by atoms with Crippen LogP contribution in [0.4, 0.5) is 0 Å². The molecule has 2 heterocycles. The first-order valence-electron chi connectivity index (χ1n) is 18.7. The van der Waals surface area contributed by atoms with Crippen LogP contribution in [0.25, 0.3) is 10.4 Å². The minimum absolute atomic E-state index is 0.0144. The molecule has 0 aliphatic carbocycles. The molecule has 0 bridgehead atoms. The summed E-state index contributed by atoms with van der Waals surface area (Å²) in [5, 5.41) is 13.7. The largest absolute Gasteiger partial charge is 0.497 e. The molecule has 1 unspecified atom stereocenters. The van der Waals surface area contributed by atoms with E-state index in [0.29, 0.717) is 11.5 Å². The monoisotopic (exact) mass is 800 g/mol. The molecule has 1 saturated heterocycles. The fourth-order valence-electron chi connectivity index (χ4n) is 7.67. The molecule has 0 radical (unpaired) electrons. The first-order chi connectivity index (χ1) is 27.3. The fourth-order valence-corrected chi connectivity index (χ4v) is 10.8. The third-order valence-corrected chi connectivity index (χ3v) is 13.3. The Balaban J connectivity index is 1.74. The lowest BCUT2D eigenvalue weighted by Crippen LogP contribution is -2.51. The normalized spacial score (nSPS) is 19.3. The molecule has 1 aliphatic heterocycles. The van der Waals surface area contributed by atoms with Gasteiger partial charge in [0.05, 0.1) is 39.9 Å². The first kappa shape index (κ1) is 43.1. The summed E-state index contributed by atoms with van der Waals surface area (Å²) in [4.78, 5) is 44.0. The van der Waals surface area contributed by atoms with Crippen molar-refractivity contribution in [3.63, 3.8) is 0 Å². The molecule has 5 rings (SSSR count). The molecule has 0 amide bonds. The second kappa shape index (κ2) is 18.5. The van der Waals surface area contributed by atoms with Crippen molar-refractivity contribution in [3.8, 4) is 17.6 Å². The van der Waals surface area contributed by atoms with E-state index in [2.05, 4.69) is 21.1 Å². The number of H-pyrrole nitrogens is 1. The number of nitriles is 1. The van der Waals surface area contributed by atoms with Crippen LogP contribution in [0.15, 0.2) is 99.8 Å². The SMILES string of the molecule is COc1ccc(C(OC[C@H]2O[C@@H](n3cc(C)c(=O)[nH]c3=O)C[C@]2(CN=[N+]=[N-])O[P+](O)(CCC#N)N(C(C)C)C(C)C)(c2ccccc2)c2ccc(OC)cc2)cc1. The Kier molecular flexibility index (Phi) is 14.0. The van der Waals surface area contributed by atoms with Crippen LogP contribution >= 0.6 is 7.87 Å². The molecule has 0 spiro atoms. The van der Waals surface area contributed by atoms with Crippen LogP contribution in [0.1, 0.15) is 69.0 Å². The number of ether oxygens (including phenoxy) is 4. The molecule has 15 nitrogen and oxygen atoms in total. The molecule has 4 aromatic rings. The van der Waals surface area contributed by atoms with Gasteiger partial charge in [-0.3, -0.25) is 14.3 Å². The van der Waals surface area contributed by atoms with Gasteiger partial charge >= 0.3 is 13.6 Å². The number of methoxy groups -OCH3 is 2. The van der Waals surface area contributed by atoms with Crippen molar-refractivity contribution in [1.82, 2.24) is 14.2 Å². The summed E-state index contributed by atoms with van der Waals surface area (Å²) in [7, 11) is -0.507. The van der Waals surface area contributed by atoms with E-state index in [1.165, 1.54) is 10.8 Å². The van der Waals surface area contributed by atoms with Crippen LogP contribution in [0.5, 0.6) is 11.5 Å². The number of rotatable bonds is 18. The maximum absolute atomic E-state index is 13.4. The van der Waals surface area contributed by atoms with E-state index in [4.69, 9.17) is 23.5 Å². The van der Waals surface area contributed by atoms with Crippen molar-refractivity contribution in [2.75, 3.05) is 33.5 Å². The summed E-state index contributed by atoms with van der Waals surface area (Å²) in [6.07, 6.45) is -0.871. The number of hydrogen-bond acceptors (Lipinski definition) is 11. The predicted octanol–water partition coefficient (Wildman–Crippen LogP) is 7.01. The molecular formula is C41H51N7O8P+. The molecule has 0 saturated carbocycles. The number of benzene rings is 3. The smallest absolute Gasteiger partial charge is 0.347 e. The van der Waals surface area contributed by atoms with Crippen molar-refractivity contribution in [2.45, 2.75) is 83.1 Å². The van der Waals surface area contributed by atoms with E-state index in [1.807, 2.05) is 111 Å². The lowest BCUT2D eigenvalue weighted by molar-refractivity contribution is -0.114. The third-order valence-electron chi connectivity index (χ3n) is 10.2. The van der Waals surface area contributed by atoms with Crippen molar-refractivity contribution in [1.29, 1.82) is 5.26 Å². The van der Waals surface area contributed by atoms with Gasteiger partial charge in [-0.25, -0.2) is 9.69 Å². The van der Waals surface area contributed by atoms with Gasteiger partial charge in [0.2, 0.25) is 0 Å². The second-order valence-corrected chi connectivity index (χ2v) is 16.9. The zero-order valence-corrected chi connectivity index (χ0v) is 34.3. The molecule has 1 aromatic heterocycles. The van der Waals surface area contributed by atoms with Crippen molar-refractivity contribution in [2.24, 2.45) is 5.11 Å². The van der Waals surface area contributed by atoms with Gasteiger partial charge in [0.1, 0.15) is 35.6 Å². The Morgan fingerprint density at radius 1 is 1.02 bits per heavy atom. The van der Waals surface area contributed by atoms with E-state index < -0.39 is 42.7 Å². The van der Waals surface area contributed by atoms with Crippen LogP contribution in [-0.2, 0) is 19.6 Å². The maximum Gasteiger partial charge on any atom is 0.347 e. The molecule has 3 aromatic carbocycles. The summed E-state index contributed by atoms with van der Waals surface area (Å²) in [6.45, 7) is 8.73. The molecule has 1 aliphatic rings. The summed E-state index contributed by atoms with van der Waals surface area (Å²) in [6, 6.07) is 26.4. The van der Waals surface area contributed by atoms with Gasteiger partial charge in [-0.05, 0) is 81.1 Å².